The molecule has 3 N–H and O–H groups in total. The van der Waals surface area contributed by atoms with Crippen LogP contribution in [0.3, 0.4) is 0 Å². The molecule has 8 nitrogen and oxygen atoms in total. The molecular formula is C13H19N5O3. The topological polar surface area (TPSA) is 117 Å². The molecule has 21 heavy (non-hydrogen) atoms. The Kier molecular flexibility index (Phi) is 7.11. The minimum Gasteiger partial charge on any atom is -0.383 e. The molecule has 0 aliphatic carbocycles. The third kappa shape index (κ3) is 5.35. The smallest absolute Gasteiger partial charge is 0.293 e. The highest BCUT2D eigenvalue weighted by Gasteiger charge is 2.15. The van der Waals surface area contributed by atoms with Crippen molar-refractivity contribution in [2.45, 2.75) is 13.0 Å². The van der Waals surface area contributed by atoms with E-state index in [9.17, 15) is 10.1 Å². The zero-order valence-electron chi connectivity index (χ0n) is 11.9. The summed E-state index contributed by atoms with van der Waals surface area (Å²) in [6.45, 7) is 2.29. The molecule has 0 aliphatic rings. The lowest BCUT2D eigenvalue weighted by atomic mass is 10.1. The molecule has 0 aliphatic heterocycles. The Balaban J connectivity index is 2.85. The first-order valence-electron chi connectivity index (χ1n) is 6.44. The van der Waals surface area contributed by atoms with E-state index in [1.807, 2.05) is 4.90 Å². The van der Waals surface area contributed by atoms with Crippen molar-refractivity contribution in [3.63, 3.8) is 0 Å². The monoisotopic (exact) mass is 293 g/mol. The number of nitrogen functional groups attached to an aromatic ring is 1. The van der Waals surface area contributed by atoms with Crippen molar-refractivity contribution in [2.24, 2.45) is 5.84 Å². The van der Waals surface area contributed by atoms with Crippen LogP contribution in [0.4, 0.5) is 11.4 Å². The lowest BCUT2D eigenvalue weighted by Gasteiger charge is -2.20. The predicted molar refractivity (Wildman–Crippen MR) is 78.3 cm³/mol. The van der Waals surface area contributed by atoms with Gasteiger partial charge < -0.3 is 10.2 Å². The number of anilines is 1. The lowest BCUT2D eigenvalue weighted by molar-refractivity contribution is -0.384. The molecular weight excluding hydrogens is 274 g/mol. The van der Waals surface area contributed by atoms with Gasteiger partial charge in [-0.3, -0.25) is 20.9 Å². The molecule has 114 valence electrons. The second kappa shape index (κ2) is 8.86. The summed E-state index contributed by atoms with van der Waals surface area (Å²) in [5.74, 6) is 5.25. The maximum Gasteiger partial charge on any atom is 0.293 e. The first-order chi connectivity index (χ1) is 10.1. The first-order valence-corrected chi connectivity index (χ1v) is 6.44. The fourth-order valence-corrected chi connectivity index (χ4v) is 1.91. The van der Waals surface area contributed by atoms with Gasteiger partial charge in [-0.15, -0.1) is 0 Å². The normalized spacial score (nSPS) is 10.4. The Bertz CT molecular complexity index is 515. The van der Waals surface area contributed by atoms with Gasteiger partial charge in [-0.1, -0.05) is 6.07 Å². The number of hydrogen-bond acceptors (Lipinski definition) is 7. The summed E-state index contributed by atoms with van der Waals surface area (Å²) < 4.78 is 5.03. The van der Waals surface area contributed by atoms with Gasteiger partial charge in [0.25, 0.3) is 5.69 Å². The average molecular weight is 293 g/mol. The van der Waals surface area contributed by atoms with Crippen LogP contribution in [-0.2, 0) is 11.3 Å². The predicted octanol–water partition coefficient (Wildman–Crippen LogP) is 1.24. The largest absolute Gasteiger partial charge is 0.383 e. The fraction of sp³-hybridized carbons (Fsp3) is 0.462. The van der Waals surface area contributed by atoms with Gasteiger partial charge in [0.15, 0.2) is 0 Å². The van der Waals surface area contributed by atoms with E-state index in [-0.39, 0.29) is 11.4 Å². The third-order valence-electron chi connectivity index (χ3n) is 2.97. The quantitative estimate of drug-likeness (QED) is 0.399. The van der Waals surface area contributed by atoms with Crippen LogP contribution in [0.1, 0.15) is 12.0 Å². The van der Waals surface area contributed by atoms with Gasteiger partial charge in [0.2, 0.25) is 0 Å². The Morgan fingerprint density at radius 1 is 1.52 bits per heavy atom. The number of ether oxygens (including phenoxy) is 1. The van der Waals surface area contributed by atoms with E-state index in [4.69, 9.17) is 15.8 Å². The van der Waals surface area contributed by atoms with Crippen LogP contribution in [0.5, 0.6) is 0 Å². The molecule has 0 heterocycles. The van der Waals surface area contributed by atoms with Crippen LogP contribution in [-0.4, -0.2) is 36.6 Å². The highest BCUT2D eigenvalue weighted by molar-refractivity contribution is 5.61. The summed E-state index contributed by atoms with van der Waals surface area (Å²) in [5, 5.41) is 19.7. The van der Waals surface area contributed by atoms with Crippen molar-refractivity contribution in [3.05, 3.63) is 33.9 Å². The zero-order chi connectivity index (χ0) is 15.7. The van der Waals surface area contributed by atoms with E-state index in [0.717, 1.165) is 5.56 Å². The number of benzene rings is 1. The first kappa shape index (κ1) is 16.8. The Labute approximate surface area is 123 Å². The highest BCUT2D eigenvalue weighted by Crippen LogP contribution is 2.25. The molecule has 0 saturated heterocycles. The van der Waals surface area contributed by atoms with Crippen LogP contribution in [0.25, 0.3) is 0 Å². The molecule has 0 atom stereocenters. The number of hydrazine groups is 1. The molecule has 1 aromatic rings. The number of nitrogens with two attached hydrogens (primary N) is 1. The minimum atomic E-state index is -0.479. The second-order valence-electron chi connectivity index (χ2n) is 4.43. The molecule has 0 bridgehead atoms. The Hall–Kier alpha value is -2.21. The molecule has 8 heteroatoms. The zero-order valence-corrected chi connectivity index (χ0v) is 11.9. The molecule has 0 spiro atoms. The summed E-state index contributed by atoms with van der Waals surface area (Å²) in [6, 6.07) is 6.93. The number of nitriles is 1. The van der Waals surface area contributed by atoms with Crippen molar-refractivity contribution in [1.82, 2.24) is 4.90 Å². The van der Waals surface area contributed by atoms with Gasteiger partial charge in [-0.25, -0.2) is 0 Å². The van der Waals surface area contributed by atoms with E-state index in [1.54, 1.807) is 19.2 Å². The van der Waals surface area contributed by atoms with Crippen LogP contribution in [0.15, 0.2) is 18.2 Å². The number of nitrogens with one attached hydrogen (secondary N) is 1. The summed E-state index contributed by atoms with van der Waals surface area (Å²) in [6.07, 6.45) is 0.397. The minimum absolute atomic E-state index is 0.0676. The average Bonchev–Trinajstić information content (AvgIpc) is 2.49. The molecule has 0 unspecified atom stereocenters. The van der Waals surface area contributed by atoms with Gasteiger partial charge in [-0.05, 0) is 11.6 Å². The molecule has 1 rings (SSSR count). The fourth-order valence-electron chi connectivity index (χ4n) is 1.91. The number of rotatable bonds is 9. The van der Waals surface area contributed by atoms with Crippen molar-refractivity contribution in [2.75, 3.05) is 32.2 Å². The van der Waals surface area contributed by atoms with Crippen LogP contribution in [0.2, 0.25) is 0 Å². The highest BCUT2D eigenvalue weighted by atomic mass is 16.6. The van der Waals surface area contributed by atoms with Crippen LogP contribution in [0, 0.1) is 21.4 Å². The van der Waals surface area contributed by atoms with Gasteiger partial charge >= 0.3 is 0 Å². The van der Waals surface area contributed by atoms with E-state index in [2.05, 4.69) is 11.5 Å². The maximum absolute atomic E-state index is 11.0. The Morgan fingerprint density at radius 2 is 2.29 bits per heavy atom. The maximum atomic E-state index is 11.0. The Morgan fingerprint density at radius 3 is 2.86 bits per heavy atom. The molecule has 0 aromatic heterocycles. The number of nitro benzene ring substituents is 1. The van der Waals surface area contributed by atoms with Gasteiger partial charge in [0, 0.05) is 39.2 Å². The number of nitro groups is 1. The van der Waals surface area contributed by atoms with E-state index in [0.29, 0.717) is 32.7 Å². The van der Waals surface area contributed by atoms with Crippen molar-refractivity contribution in [3.8, 4) is 6.07 Å². The molecule has 0 amide bonds. The summed E-state index contributed by atoms with van der Waals surface area (Å²) in [5.41, 5.74) is 3.29. The van der Waals surface area contributed by atoms with Gasteiger partial charge in [-0.2, -0.15) is 5.26 Å². The van der Waals surface area contributed by atoms with Crippen molar-refractivity contribution < 1.29 is 9.66 Å². The summed E-state index contributed by atoms with van der Waals surface area (Å²) in [7, 11) is 1.61. The van der Waals surface area contributed by atoms with Crippen molar-refractivity contribution in [1.29, 1.82) is 5.26 Å². The van der Waals surface area contributed by atoms with Gasteiger partial charge in [0.05, 0.1) is 17.6 Å². The number of nitrogens with zero attached hydrogens (tertiary/aromatic N) is 3. The SMILES string of the molecule is COCCN(CCC#N)Cc1ccc(NN)c([N+](=O)[O-])c1. The third-order valence-corrected chi connectivity index (χ3v) is 2.97. The summed E-state index contributed by atoms with van der Waals surface area (Å²) >= 11 is 0. The molecule has 1 aromatic carbocycles. The van der Waals surface area contributed by atoms with E-state index >= 15 is 0 Å². The molecule has 0 fully saturated rings. The number of methoxy groups -OCH3 is 1. The van der Waals surface area contributed by atoms with E-state index < -0.39 is 4.92 Å². The van der Waals surface area contributed by atoms with Crippen molar-refractivity contribution >= 4 is 11.4 Å². The molecule has 0 radical (unpaired) electrons. The number of hydrogen-bond donors (Lipinski definition) is 2. The van der Waals surface area contributed by atoms with E-state index in [1.165, 1.54) is 6.07 Å². The lowest BCUT2D eigenvalue weighted by Crippen LogP contribution is -2.28. The van der Waals surface area contributed by atoms with Gasteiger partial charge in [0.1, 0.15) is 5.69 Å². The molecule has 0 saturated carbocycles. The van der Waals surface area contributed by atoms with Crippen LogP contribution < -0.4 is 11.3 Å². The summed E-state index contributed by atoms with van der Waals surface area (Å²) in [4.78, 5) is 12.5. The standard InChI is InChI=1S/C13H19N5O3/c1-21-8-7-17(6-2-5-14)10-11-3-4-12(16-15)13(9-11)18(19)20/h3-4,9,16H,2,6-8,10,15H2,1H3. The van der Waals surface area contributed by atoms with Crippen LogP contribution >= 0.6 is 0 Å². The second-order valence-corrected chi connectivity index (χ2v) is 4.43.